The molecule has 0 aromatic rings. The number of aliphatic hydroxyl groups excluding tert-OH is 1. The van der Waals surface area contributed by atoms with E-state index in [1.165, 1.54) is 32.1 Å². The molecule has 2 aliphatic rings. The van der Waals surface area contributed by atoms with E-state index in [-0.39, 0.29) is 18.4 Å². The number of hydrogen-bond donors (Lipinski definition) is 1. The number of aliphatic hydroxyl groups is 1. The van der Waals surface area contributed by atoms with Crippen LogP contribution in [0.3, 0.4) is 0 Å². The number of rotatable bonds is 3. The minimum absolute atomic E-state index is 0.152. The molecule has 2 atom stereocenters. The van der Waals surface area contributed by atoms with Gasteiger partial charge in [-0.2, -0.15) is 0 Å². The molecule has 0 bridgehead atoms. The van der Waals surface area contributed by atoms with Crippen molar-refractivity contribution in [2.45, 2.75) is 51.5 Å². The molecule has 1 unspecified atom stereocenters. The lowest BCUT2D eigenvalue weighted by molar-refractivity contribution is -0.130. The number of carbonyl (C=O) groups excluding carboxylic acids is 1. The van der Waals surface area contributed by atoms with Gasteiger partial charge in [0.1, 0.15) is 0 Å². The van der Waals surface area contributed by atoms with Crippen LogP contribution in [0.4, 0.5) is 0 Å². The maximum absolute atomic E-state index is 11.8. The molecule has 1 saturated carbocycles. The maximum Gasteiger partial charge on any atom is 0.223 e. The Bertz CT molecular complexity index is 248. The zero-order valence-corrected chi connectivity index (χ0v) is 10.2. The first-order valence-corrected chi connectivity index (χ1v) is 6.62. The van der Waals surface area contributed by atoms with E-state index >= 15 is 0 Å². The van der Waals surface area contributed by atoms with E-state index in [9.17, 15) is 4.79 Å². The Labute approximate surface area is 97.8 Å². The molecule has 1 aliphatic carbocycles. The molecule has 92 valence electrons. The summed E-state index contributed by atoms with van der Waals surface area (Å²) in [4.78, 5) is 13.9. The summed E-state index contributed by atoms with van der Waals surface area (Å²) in [6, 6.07) is 0.379. The Morgan fingerprint density at radius 1 is 1.38 bits per heavy atom. The number of carbonyl (C=O) groups is 1. The summed E-state index contributed by atoms with van der Waals surface area (Å²) in [6.45, 7) is 3.11. The van der Waals surface area contributed by atoms with Crippen LogP contribution in [0.5, 0.6) is 0 Å². The molecule has 3 heteroatoms. The van der Waals surface area contributed by atoms with Crippen molar-refractivity contribution in [3.63, 3.8) is 0 Å². The van der Waals surface area contributed by atoms with Crippen molar-refractivity contribution in [1.29, 1.82) is 0 Å². The Kier molecular flexibility index (Phi) is 3.85. The SMILES string of the molecule is C[C@@H](C1CCCCC1)N1CC(CO)CC1=O. The third kappa shape index (κ3) is 2.40. The summed E-state index contributed by atoms with van der Waals surface area (Å²) < 4.78 is 0. The van der Waals surface area contributed by atoms with Gasteiger partial charge < -0.3 is 10.0 Å². The first kappa shape index (κ1) is 11.9. The molecule has 1 heterocycles. The molecule has 2 rings (SSSR count). The van der Waals surface area contributed by atoms with Crippen molar-refractivity contribution in [2.75, 3.05) is 13.2 Å². The third-order valence-corrected chi connectivity index (χ3v) is 4.32. The van der Waals surface area contributed by atoms with Crippen molar-refractivity contribution < 1.29 is 9.90 Å². The van der Waals surface area contributed by atoms with Crippen molar-refractivity contribution in [2.24, 2.45) is 11.8 Å². The fourth-order valence-electron chi connectivity index (χ4n) is 3.20. The van der Waals surface area contributed by atoms with Gasteiger partial charge in [0.25, 0.3) is 0 Å². The third-order valence-electron chi connectivity index (χ3n) is 4.32. The Hall–Kier alpha value is -0.570. The van der Waals surface area contributed by atoms with Crippen molar-refractivity contribution in [1.82, 2.24) is 4.90 Å². The maximum atomic E-state index is 11.8. The average Bonchev–Trinajstić information content (AvgIpc) is 2.71. The summed E-state index contributed by atoms with van der Waals surface area (Å²) >= 11 is 0. The normalized spacial score (nSPS) is 29.8. The molecule has 0 aromatic carbocycles. The minimum Gasteiger partial charge on any atom is -0.396 e. The topological polar surface area (TPSA) is 40.5 Å². The quantitative estimate of drug-likeness (QED) is 0.795. The lowest BCUT2D eigenvalue weighted by Gasteiger charge is -2.34. The number of hydrogen-bond acceptors (Lipinski definition) is 2. The van der Waals surface area contributed by atoms with Crippen molar-refractivity contribution in [3.05, 3.63) is 0 Å². The van der Waals surface area contributed by atoms with Gasteiger partial charge in [-0.3, -0.25) is 4.79 Å². The van der Waals surface area contributed by atoms with Crippen LogP contribution in [-0.2, 0) is 4.79 Å². The first-order valence-electron chi connectivity index (χ1n) is 6.62. The van der Waals surface area contributed by atoms with E-state index in [1.54, 1.807) is 0 Å². The number of likely N-dealkylation sites (tertiary alicyclic amines) is 1. The van der Waals surface area contributed by atoms with E-state index in [1.807, 2.05) is 4.90 Å². The Balaban J connectivity index is 1.93. The van der Waals surface area contributed by atoms with Crippen LogP contribution in [0.1, 0.15) is 45.4 Å². The van der Waals surface area contributed by atoms with Crippen LogP contribution >= 0.6 is 0 Å². The molecule has 1 aliphatic heterocycles. The van der Waals surface area contributed by atoms with Crippen LogP contribution in [0.2, 0.25) is 0 Å². The summed E-state index contributed by atoms with van der Waals surface area (Å²) in [7, 11) is 0. The van der Waals surface area contributed by atoms with Gasteiger partial charge in [0.2, 0.25) is 5.91 Å². The summed E-state index contributed by atoms with van der Waals surface area (Å²) in [5, 5.41) is 9.11. The van der Waals surface area contributed by atoms with Crippen LogP contribution in [-0.4, -0.2) is 35.1 Å². The second kappa shape index (κ2) is 5.17. The zero-order valence-electron chi connectivity index (χ0n) is 10.2. The summed E-state index contributed by atoms with van der Waals surface area (Å²) in [6.07, 6.45) is 7.09. The van der Waals surface area contributed by atoms with Gasteiger partial charge in [-0.1, -0.05) is 19.3 Å². The Morgan fingerprint density at radius 3 is 2.62 bits per heavy atom. The first-order chi connectivity index (χ1) is 7.72. The fourth-order valence-corrected chi connectivity index (χ4v) is 3.20. The van der Waals surface area contributed by atoms with Gasteiger partial charge in [-0.25, -0.2) is 0 Å². The monoisotopic (exact) mass is 225 g/mol. The lowest BCUT2D eigenvalue weighted by atomic mass is 9.84. The van der Waals surface area contributed by atoms with E-state index in [4.69, 9.17) is 5.11 Å². The molecule has 1 N–H and O–H groups in total. The molecule has 1 saturated heterocycles. The Morgan fingerprint density at radius 2 is 2.06 bits per heavy atom. The number of nitrogens with zero attached hydrogens (tertiary/aromatic N) is 1. The van der Waals surface area contributed by atoms with E-state index in [0.29, 0.717) is 18.4 Å². The van der Waals surface area contributed by atoms with Crippen LogP contribution in [0.15, 0.2) is 0 Å². The average molecular weight is 225 g/mol. The molecular formula is C13H23NO2. The predicted octanol–water partition coefficient (Wildman–Crippen LogP) is 1.80. The standard InChI is InChI=1S/C13H23NO2/c1-10(12-5-3-2-4-6-12)14-8-11(9-15)7-13(14)16/h10-12,15H,2-9H2,1H3/t10-,11?/m0/s1. The largest absolute Gasteiger partial charge is 0.396 e. The second-order valence-electron chi connectivity index (χ2n) is 5.44. The van der Waals surface area contributed by atoms with E-state index in [2.05, 4.69) is 6.92 Å². The van der Waals surface area contributed by atoms with Gasteiger partial charge in [0.05, 0.1) is 0 Å². The van der Waals surface area contributed by atoms with E-state index < -0.39 is 0 Å². The zero-order chi connectivity index (χ0) is 11.5. The van der Waals surface area contributed by atoms with E-state index in [0.717, 1.165) is 6.54 Å². The fraction of sp³-hybridized carbons (Fsp3) is 0.923. The number of amides is 1. The minimum atomic E-state index is 0.152. The van der Waals surface area contributed by atoms with Gasteiger partial charge in [-0.15, -0.1) is 0 Å². The molecular weight excluding hydrogens is 202 g/mol. The van der Waals surface area contributed by atoms with Crippen molar-refractivity contribution in [3.8, 4) is 0 Å². The molecule has 0 aromatic heterocycles. The second-order valence-corrected chi connectivity index (χ2v) is 5.44. The highest BCUT2D eigenvalue weighted by atomic mass is 16.3. The smallest absolute Gasteiger partial charge is 0.223 e. The summed E-state index contributed by atoms with van der Waals surface area (Å²) in [5.74, 6) is 1.12. The highest BCUT2D eigenvalue weighted by molar-refractivity contribution is 5.79. The highest BCUT2D eigenvalue weighted by Crippen LogP contribution is 2.31. The van der Waals surface area contributed by atoms with Crippen molar-refractivity contribution >= 4 is 5.91 Å². The molecule has 1 amide bonds. The molecule has 0 spiro atoms. The molecule has 2 fully saturated rings. The molecule has 3 nitrogen and oxygen atoms in total. The lowest BCUT2D eigenvalue weighted by Crippen LogP contribution is -2.40. The predicted molar refractivity (Wildman–Crippen MR) is 62.9 cm³/mol. The highest BCUT2D eigenvalue weighted by Gasteiger charge is 2.35. The van der Waals surface area contributed by atoms with Crippen LogP contribution < -0.4 is 0 Å². The van der Waals surface area contributed by atoms with Crippen LogP contribution in [0.25, 0.3) is 0 Å². The van der Waals surface area contributed by atoms with Gasteiger partial charge in [0, 0.05) is 31.5 Å². The van der Waals surface area contributed by atoms with Gasteiger partial charge >= 0.3 is 0 Å². The van der Waals surface area contributed by atoms with Crippen LogP contribution in [0, 0.1) is 11.8 Å². The molecule has 0 radical (unpaired) electrons. The van der Waals surface area contributed by atoms with Gasteiger partial charge in [0.15, 0.2) is 0 Å². The molecule has 16 heavy (non-hydrogen) atoms. The summed E-state index contributed by atoms with van der Waals surface area (Å²) in [5.41, 5.74) is 0. The van der Waals surface area contributed by atoms with Gasteiger partial charge in [-0.05, 0) is 25.7 Å².